The van der Waals surface area contributed by atoms with Crippen LogP contribution in [-0.2, 0) is 0 Å². The molecule has 0 fully saturated rings. The first-order valence-electron chi connectivity index (χ1n) is 18.8. The Labute approximate surface area is 314 Å². The van der Waals surface area contributed by atoms with Crippen molar-refractivity contribution < 1.29 is 0 Å². The molecule has 0 atom stereocenters. The zero-order valence-electron chi connectivity index (χ0n) is 29.6. The molecule has 54 heavy (non-hydrogen) atoms. The van der Waals surface area contributed by atoms with Crippen molar-refractivity contribution in [2.45, 2.75) is 0 Å². The summed E-state index contributed by atoms with van der Waals surface area (Å²) in [5, 5.41) is 15.2. The molecule has 0 aromatic heterocycles. The summed E-state index contributed by atoms with van der Waals surface area (Å²) in [7, 11) is 0. The van der Waals surface area contributed by atoms with Gasteiger partial charge >= 0.3 is 0 Å². The van der Waals surface area contributed by atoms with E-state index in [-0.39, 0.29) is 0 Å². The maximum Gasteiger partial charge on any atom is -0.00261 e. The molecule has 0 amide bonds. The molecule has 0 nitrogen and oxygen atoms in total. The van der Waals surface area contributed by atoms with E-state index in [1.807, 2.05) is 0 Å². The molecule has 0 bridgehead atoms. The van der Waals surface area contributed by atoms with E-state index in [0.29, 0.717) is 0 Å². The number of rotatable bonds is 4. The highest BCUT2D eigenvalue weighted by Gasteiger charge is 2.18. The summed E-state index contributed by atoms with van der Waals surface area (Å²) in [5.41, 5.74) is 10.0. The number of hydrogen-bond acceptors (Lipinski definition) is 0. The normalized spacial score (nSPS) is 11.7. The Kier molecular flexibility index (Phi) is 6.97. The maximum atomic E-state index is 2.43. The molecule has 0 saturated carbocycles. The quantitative estimate of drug-likeness (QED) is 0.128. The minimum absolute atomic E-state index is 1.23. The topological polar surface area (TPSA) is 0 Å². The van der Waals surface area contributed by atoms with E-state index in [1.165, 1.54) is 109 Å². The van der Waals surface area contributed by atoms with Crippen LogP contribution in [0.15, 0.2) is 206 Å². The highest BCUT2D eigenvalue weighted by atomic mass is 14.2. The Hall–Kier alpha value is -7.02. The molecule has 0 unspecified atom stereocenters. The van der Waals surface area contributed by atoms with Crippen LogP contribution in [0.5, 0.6) is 0 Å². The molecule has 0 saturated heterocycles. The van der Waals surface area contributed by atoms with Crippen LogP contribution in [-0.4, -0.2) is 0 Å². The first-order chi connectivity index (χ1) is 26.8. The van der Waals surface area contributed by atoms with Crippen LogP contribution in [0.2, 0.25) is 0 Å². The van der Waals surface area contributed by atoms with Gasteiger partial charge in [0.1, 0.15) is 0 Å². The van der Waals surface area contributed by atoms with Gasteiger partial charge in [0.2, 0.25) is 0 Å². The zero-order chi connectivity index (χ0) is 35.6. The predicted octanol–water partition coefficient (Wildman–Crippen LogP) is 15.3. The van der Waals surface area contributed by atoms with Crippen molar-refractivity contribution in [2.75, 3.05) is 0 Å². The first-order valence-corrected chi connectivity index (χ1v) is 18.8. The van der Waals surface area contributed by atoms with Crippen molar-refractivity contribution in [3.8, 4) is 44.5 Å². The second-order valence-corrected chi connectivity index (χ2v) is 14.4. The van der Waals surface area contributed by atoms with Crippen LogP contribution in [0.4, 0.5) is 0 Å². The molecule has 0 heteroatoms. The van der Waals surface area contributed by atoms with E-state index >= 15 is 0 Å². The van der Waals surface area contributed by atoms with E-state index in [1.54, 1.807) is 0 Å². The Balaban J connectivity index is 1.10. The second-order valence-electron chi connectivity index (χ2n) is 14.4. The van der Waals surface area contributed by atoms with Gasteiger partial charge in [-0.15, -0.1) is 0 Å². The third-order valence-corrected chi connectivity index (χ3v) is 11.4. The van der Waals surface area contributed by atoms with E-state index < -0.39 is 0 Å². The fraction of sp³-hybridized carbons (Fsp3) is 0. The summed E-state index contributed by atoms with van der Waals surface area (Å²) in [4.78, 5) is 0. The highest BCUT2D eigenvalue weighted by Crippen LogP contribution is 2.45. The minimum atomic E-state index is 1.23. The predicted molar refractivity (Wildman–Crippen MR) is 233 cm³/mol. The fourth-order valence-corrected chi connectivity index (χ4v) is 8.90. The number of hydrogen-bond donors (Lipinski definition) is 0. The van der Waals surface area contributed by atoms with E-state index in [4.69, 9.17) is 0 Å². The van der Waals surface area contributed by atoms with Gasteiger partial charge in [-0.2, -0.15) is 0 Å². The van der Waals surface area contributed by atoms with Gasteiger partial charge < -0.3 is 0 Å². The summed E-state index contributed by atoms with van der Waals surface area (Å²) >= 11 is 0. The lowest BCUT2D eigenvalue weighted by Gasteiger charge is -2.19. The molecule has 0 radical (unpaired) electrons. The van der Waals surface area contributed by atoms with Gasteiger partial charge in [0.05, 0.1) is 0 Å². The minimum Gasteiger partial charge on any atom is -0.0616 e. The monoisotopic (exact) mass is 682 g/mol. The fourth-order valence-electron chi connectivity index (χ4n) is 8.90. The summed E-state index contributed by atoms with van der Waals surface area (Å²) < 4.78 is 0. The van der Waals surface area contributed by atoms with Gasteiger partial charge in [-0.05, 0) is 127 Å². The van der Waals surface area contributed by atoms with E-state index in [0.717, 1.165) is 0 Å². The summed E-state index contributed by atoms with van der Waals surface area (Å²) in [6.07, 6.45) is 0. The Bertz CT molecular complexity index is 3190. The van der Waals surface area contributed by atoms with Crippen LogP contribution in [0.3, 0.4) is 0 Å². The van der Waals surface area contributed by atoms with Gasteiger partial charge in [0, 0.05) is 0 Å². The molecule has 11 aromatic rings. The molecule has 11 rings (SSSR count). The molecule has 0 aliphatic carbocycles. The van der Waals surface area contributed by atoms with Gasteiger partial charge in [-0.3, -0.25) is 0 Å². The number of benzene rings is 11. The van der Waals surface area contributed by atoms with Gasteiger partial charge in [0.15, 0.2) is 0 Å². The molecule has 250 valence electrons. The molecule has 0 heterocycles. The number of fused-ring (bicyclic) bond motifs is 7. The van der Waals surface area contributed by atoms with Crippen molar-refractivity contribution in [3.05, 3.63) is 206 Å². The highest BCUT2D eigenvalue weighted by molar-refractivity contribution is 6.23. The van der Waals surface area contributed by atoms with Crippen molar-refractivity contribution >= 4 is 64.6 Å². The zero-order valence-corrected chi connectivity index (χ0v) is 29.6. The van der Waals surface area contributed by atoms with Crippen molar-refractivity contribution in [1.29, 1.82) is 0 Å². The van der Waals surface area contributed by atoms with Crippen molar-refractivity contribution in [2.24, 2.45) is 0 Å². The Morgan fingerprint density at radius 2 is 0.667 bits per heavy atom. The lowest BCUT2D eigenvalue weighted by Crippen LogP contribution is -1.91. The molecule has 11 aromatic carbocycles. The first kappa shape index (κ1) is 30.6. The maximum absolute atomic E-state index is 2.43. The largest absolute Gasteiger partial charge is 0.0616 e. The van der Waals surface area contributed by atoms with Crippen LogP contribution in [0.1, 0.15) is 0 Å². The van der Waals surface area contributed by atoms with Crippen LogP contribution in [0.25, 0.3) is 109 Å². The summed E-state index contributed by atoms with van der Waals surface area (Å²) in [5.74, 6) is 0. The van der Waals surface area contributed by atoms with Crippen molar-refractivity contribution in [1.82, 2.24) is 0 Å². The Morgan fingerprint density at radius 1 is 0.185 bits per heavy atom. The lowest BCUT2D eigenvalue weighted by atomic mass is 9.84. The van der Waals surface area contributed by atoms with Crippen LogP contribution in [0, 0.1) is 0 Å². The molecule has 0 spiro atoms. The molecular weight excluding hydrogens is 649 g/mol. The second kappa shape index (κ2) is 12.3. The molecule has 0 N–H and O–H groups in total. The standard InChI is InChI=1S/C54H34/c1-2-14-39-32-40(29-24-35(39)12-1)51-33-41-30-31-42(34-52(41)46-18-6-5-17-45(46)51)54-49-21-9-7-19-47(49)53(48-20-8-10-22-50(48)54)38-27-25-37(26-28-38)44-23-11-15-36-13-3-4-16-43(36)44/h1-34H. The molecule has 0 aliphatic rings. The average molecular weight is 683 g/mol. The summed E-state index contributed by atoms with van der Waals surface area (Å²) in [6, 6.07) is 76.1. The average Bonchev–Trinajstić information content (AvgIpc) is 3.25. The molecule has 0 aliphatic heterocycles. The van der Waals surface area contributed by atoms with Crippen molar-refractivity contribution in [3.63, 3.8) is 0 Å². The van der Waals surface area contributed by atoms with Gasteiger partial charge in [0.25, 0.3) is 0 Å². The smallest absolute Gasteiger partial charge is 0.00261 e. The molecular formula is C54H34. The van der Waals surface area contributed by atoms with Crippen LogP contribution < -0.4 is 0 Å². The van der Waals surface area contributed by atoms with E-state index in [9.17, 15) is 0 Å². The van der Waals surface area contributed by atoms with Gasteiger partial charge in [-0.1, -0.05) is 188 Å². The third-order valence-electron chi connectivity index (χ3n) is 11.4. The Morgan fingerprint density at radius 3 is 1.37 bits per heavy atom. The SMILES string of the molecule is c1ccc2cc(-c3cc4ccc(-c5c6ccccc6c(-c6ccc(-c7cccc8ccccc78)cc6)c6ccccc56)cc4c4ccccc34)ccc2c1. The van der Waals surface area contributed by atoms with E-state index in [2.05, 4.69) is 206 Å². The van der Waals surface area contributed by atoms with Gasteiger partial charge in [-0.25, -0.2) is 0 Å². The summed E-state index contributed by atoms with van der Waals surface area (Å²) in [6.45, 7) is 0. The van der Waals surface area contributed by atoms with Crippen LogP contribution >= 0.6 is 0 Å². The lowest BCUT2D eigenvalue weighted by molar-refractivity contribution is 1.63. The third kappa shape index (κ3) is 4.85.